The monoisotopic (exact) mass is 412 g/mol. The standard InChI is InChI=1S/C16H36O8Si2/c1-9-18-25(19-10-2,20-11-3)16(8,24-15(7)17)26(21-12-4,22-13-5)23-14-6/h9-14H2,1-8H3. The van der Waals surface area contributed by atoms with Crippen molar-refractivity contribution in [1.82, 2.24) is 0 Å². The lowest BCUT2D eigenvalue weighted by molar-refractivity contribution is -0.155. The Morgan fingerprint density at radius 1 is 0.654 bits per heavy atom. The van der Waals surface area contributed by atoms with Crippen LogP contribution in [0, 0.1) is 0 Å². The van der Waals surface area contributed by atoms with Crippen molar-refractivity contribution in [2.45, 2.75) is 60.2 Å². The van der Waals surface area contributed by atoms with Crippen LogP contribution in [0.1, 0.15) is 55.4 Å². The third kappa shape index (κ3) is 5.58. The molecule has 0 aliphatic heterocycles. The molecule has 8 nitrogen and oxygen atoms in total. The fourth-order valence-corrected chi connectivity index (χ4v) is 10.6. The van der Waals surface area contributed by atoms with E-state index in [1.807, 2.05) is 41.5 Å². The minimum absolute atomic E-state index is 0.317. The van der Waals surface area contributed by atoms with Crippen molar-refractivity contribution < 1.29 is 36.1 Å². The molecule has 0 unspecified atom stereocenters. The van der Waals surface area contributed by atoms with Gasteiger partial charge in [-0.05, 0) is 48.5 Å². The van der Waals surface area contributed by atoms with E-state index in [4.69, 9.17) is 31.3 Å². The summed E-state index contributed by atoms with van der Waals surface area (Å²) in [6.45, 7) is 15.9. The molecule has 0 amide bonds. The summed E-state index contributed by atoms with van der Waals surface area (Å²) in [6, 6.07) is 0. The SMILES string of the molecule is CCO[Si](OCC)(OCC)C(C)(OC(C)=O)[Si](OCC)(OCC)OCC. The fraction of sp³-hybridized carbons (Fsp3) is 0.938. The summed E-state index contributed by atoms with van der Waals surface area (Å²) in [5.74, 6) is -0.514. The van der Waals surface area contributed by atoms with E-state index in [9.17, 15) is 4.79 Å². The van der Waals surface area contributed by atoms with Crippen LogP contribution in [-0.4, -0.2) is 68.1 Å². The summed E-state index contributed by atoms with van der Waals surface area (Å²) in [5.41, 5.74) is 0. The molecule has 0 bridgehead atoms. The van der Waals surface area contributed by atoms with Crippen LogP contribution in [-0.2, 0) is 36.1 Å². The fourth-order valence-electron chi connectivity index (χ4n) is 2.82. The average molecular weight is 413 g/mol. The smallest absolute Gasteiger partial charge is 0.450 e. The van der Waals surface area contributed by atoms with E-state index < -0.39 is 28.4 Å². The molecule has 0 rings (SSSR count). The number of carbonyl (C=O) groups is 1. The van der Waals surface area contributed by atoms with Crippen LogP contribution in [0.5, 0.6) is 0 Å². The number of rotatable bonds is 15. The lowest BCUT2D eigenvalue weighted by Crippen LogP contribution is -2.80. The van der Waals surface area contributed by atoms with Crippen LogP contribution >= 0.6 is 0 Å². The summed E-state index contributed by atoms with van der Waals surface area (Å²) in [4.78, 5) is 10.6. The molecule has 0 aromatic rings. The van der Waals surface area contributed by atoms with Crippen LogP contribution in [0.15, 0.2) is 0 Å². The molecule has 0 aromatic heterocycles. The Morgan fingerprint density at radius 2 is 0.885 bits per heavy atom. The zero-order valence-corrected chi connectivity index (χ0v) is 19.5. The summed E-state index contributed by atoms with van der Waals surface area (Å²) >= 11 is 0. The maximum atomic E-state index is 12.1. The zero-order chi connectivity index (χ0) is 20.3. The van der Waals surface area contributed by atoms with Gasteiger partial charge >= 0.3 is 23.6 Å². The first kappa shape index (κ1) is 25.7. The largest absolute Gasteiger partial charge is 0.551 e. The molecule has 0 atom stereocenters. The highest BCUT2D eigenvalue weighted by Gasteiger charge is 2.78. The van der Waals surface area contributed by atoms with E-state index in [0.717, 1.165) is 0 Å². The van der Waals surface area contributed by atoms with E-state index in [1.54, 1.807) is 6.92 Å². The van der Waals surface area contributed by atoms with Crippen LogP contribution in [0.2, 0.25) is 0 Å². The van der Waals surface area contributed by atoms with Gasteiger partial charge < -0.3 is 31.3 Å². The van der Waals surface area contributed by atoms with E-state index >= 15 is 0 Å². The van der Waals surface area contributed by atoms with Gasteiger partial charge in [0, 0.05) is 46.6 Å². The molecule has 0 saturated heterocycles. The second kappa shape index (κ2) is 12.2. The second-order valence-electron chi connectivity index (χ2n) is 5.34. The highest BCUT2D eigenvalue weighted by Crippen LogP contribution is 2.39. The summed E-state index contributed by atoms with van der Waals surface area (Å²) in [5, 5.41) is 0. The van der Waals surface area contributed by atoms with Gasteiger partial charge in [0.25, 0.3) is 0 Å². The summed E-state index contributed by atoms with van der Waals surface area (Å²) < 4.78 is 42.0. The Kier molecular flexibility index (Phi) is 12.0. The van der Waals surface area contributed by atoms with Crippen LogP contribution < -0.4 is 0 Å². The molecule has 10 heteroatoms. The second-order valence-corrected chi connectivity index (χ2v) is 11.7. The summed E-state index contributed by atoms with van der Waals surface area (Å²) in [6.07, 6.45) is 0. The maximum absolute atomic E-state index is 12.1. The van der Waals surface area contributed by atoms with Gasteiger partial charge in [-0.1, -0.05) is 0 Å². The molecule has 0 aliphatic carbocycles. The third-order valence-corrected chi connectivity index (χ3v) is 11.9. The minimum atomic E-state index is -3.62. The van der Waals surface area contributed by atoms with Gasteiger partial charge in [-0.15, -0.1) is 0 Å². The number of ether oxygens (including phenoxy) is 1. The van der Waals surface area contributed by atoms with Crippen molar-refractivity contribution in [3.05, 3.63) is 0 Å². The van der Waals surface area contributed by atoms with Crippen molar-refractivity contribution in [2.24, 2.45) is 0 Å². The zero-order valence-electron chi connectivity index (χ0n) is 17.5. The summed E-state index contributed by atoms with van der Waals surface area (Å²) in [7, 11) is -7.23. The normalized spacial score (nSPS) is 13.1. The van der Waals surface area contributed by atoms with Crippen molar-refractivity contribution in [2.75, 3.05) is 39.6 Å². The molecule has 26 heavy (non-hydrogen) atoms. The van der Waals surface area contributed by atoms with Gasteiger partial charge in [0.2, 0.25) is 4.85 Å². The lowest BCUT2D eigenvalue weighted by atomic mass is 10.7. The number of esters is 1. The molecule has 0 fully saturated rings. The molecule has 156 valence electrons. The number of hydrogen-bond acceptors (Lipinski definition) is 8. The van der Waals surface area contributed by atoms with Gasteiger partial charge in [-0.3, -0.25) is 4.79 Å². The third-order valence-electron chi connectivity index (χ3n) is 3.52. The highest BCUT2D eigenvalue weighted by atomic mass is 28.5. The van der Waals surface area contributed by atoms with Gasteiger partial charge in [0.15, 0.2) is 0 Å². The Morgan fingerprint density at radius 3 is 1.04 bits per heavy atom. The number of hydrogen-bond donors (Lipinski definition) is 0. The first-order valence-electron chi connectivity index (χ1n) is 9.31. The molecule has 0 heterocycles. The highest BCUT2D eigenvalue weighted by molar-refractivity contribution is 6.85. The Labute approximate surface area is 160 Å². The van der Waals surface area contributed by atoms with Crippen LogP contribution in [0.3, 0.4) is 0 Å². The first-order chi connectivity index (χ1) is 12.3. The van der Waals surface area contributed by atoms with E-state index in [-0.39, 0.29) is 0 Å². The first-order valence-corrected chi connectivity index (χ1v) is 12.8. The van der Waals surface area contributed by atoms with Gasteiger partial charge in [-0.2, -0.15) is 0 Å². The van der Waals surface area contributed by atoms with Crippen molar-refractivity contribution >= 4 is 23.6 Å². The molecule has 0 spiro atoms. The van der Waals surface area contributed by atoms with Crippen LogP contribution in [0.4, 0.5) is 0 Å². The lowest BCUT2D eigenvalue weighted by Gasteiger charge is -2.48. The molecule has 0 aromatic carbocycles. The quantitative estimate of drug-likeness (QED) is 0.300. The average Bonchev–Trinajstić information content (AvgIpc) is 2.55. The van der Waals surface area contributed by atoms with Crippen molar-refractivity contribution in [3.8, 4) is 0 Å². The topological polar surface area (TPSA) is 81.7 Å². The van der Waals surface area contributed by atoms with E-state index in [1.165, 1.54) is 6.92 Å². The molecule has 0 radical (unpaired) electrons. The van der Waals surface area contributed by atoms with Crippen molar-refractivity contribution in [3.63, 3.8) is 0 Å². The Balaban J connectivity index is 6.64. The molecule has 0 aliphatic rings. The minimum Gasteiger partial charge on any atom is -0.450 e. The van der Waals surface area contributed by atoms with E-state index in [0.29, 0.717) is 39.6 Å². The Hall–Kier alpha value is -0.336. The van der Waals surface area contributed by atoms with Crippen molar-refractivity contribution in [1.29, 1.82) is 0 Å². The maximum Gasteiger partial charge on any atom is 0.551 e. The predicted molar refractivity (Wildman–Crippen MR) is 101 cm³/mol. The molecule has 0 saturated carbocycles. The number of carbonyl (C=O) groups excluding carboxylic acids is 1. The molecular weight excluding hydrogens is 376 g/mol. The van der Waals surface area contributed by atoms with E-state index in [2.05, 4.69) is 0 Å². The molecule has 0 N–H and O–H groups in total. The molecular formula is C16H36O8Si2. The van der Waals surface area contributed by atoms with Crippen LogP contribution in [0.25, 0.3) is 0 Å². The van der Waals surface area contributed by atoms with Gasteiger partial charge in [0.05, 0.1) is 0 Å². The Bertz CT molecular complexity index is 348. The predicted octanol–water partition coefficient (Wildman–Crippen LogP) is 2.48. The van der Waals surface area contributed by atoms with Gasteiger partial charge in [-0.25, -0.2) is 0 Å². The van der Waals surface area contributed by atoms with Gasteiger partial charge in [0.1, 0.15) is 0 Å².